The van der Waals surface area contributed by atoms with Gasteiger partial charge in [-0.05, 0) is 17.5 Å². The summed E-state index contributed by atoms with van der Waals surface area (Å²) in [4.78, 5) is 13.1. The summed E-state index contributed by atoms with van der Waals surface area (Å²) in [5, 5.41) is 8.30. The van der Waals surface area contributed by atoms with Crippen LogP contribution < -0.4 is 10.6 Å². The van der Waals surface area contributed by atoms with Crippen LogP contribution in [0.25, 0.3) is 10.8 Å². The third kappa shape index (κ3) is 1.52. The molecule has 0 radical (unpaired) electrons. The van der Waals surface area contributed by atoms with Crippen LogP contribution in [0.2, 0.25) is 0 Å². The van der Waals surface area contributed by atoms with Gasteiger partial charge in [-0.1, -0.05) is 18.2 Å². The van der Waals surface area contributed by atoms with Gasteiger partial charge in [0.25, 0.3) is 0 Å². The zero-order chi connectivity index (χ0) is 12.7. The molecule has 2 aromatic rings. The molecule has 0 amide bonds. The van der Waals surface area contributed by atoms with Gasteiger partial charge in [0.2, 0.25) is 0 Å². The maximum absolute atomic E-state index is 4.37. The van der Waals surface area contributed by atoms with E-state index < -0.39 is 0 Å². The highest BCUT2D eigenvalue weighted by Gasteiger charge is 2.17. The molecule has 2 aliphatic heterocycles. The van der Waals surface area contributed by atoms with E-state index in [9.17, 15) is 0 Å². The molecule has 0 spiro atoms. The Balaban J connectivity index is 2.01. The molecule has 19 heavy (non-hydrogen) atoms. The van der Waals surface area contributed by atoms with Crippen LogP contribution in [0.4, 0.5) is 11.4 Å². The summed E-state index contributed by atoms with van der Waals surface area (Å²) in [6.45, 7) is 0. The van der Waals surface area contributed by atoms with Crippen LogP contribution >= 0.6 is 0 Å². The minimum absolute atomic E-state index is 0.184. The lowest BCUT2D eigenvalue weighted by Crippen LogP contribution is -2.14. The van der Waals surface area contributed by atoms with E-state index in [2.05, 4.69) is 43.8 Å². The van der Waals surface area contributed by atoms with Crippen LogP contribution in [0, 0.1) is 0 Å². The van der Waals surface area contributed by atoms with Gasteiger partial charge >= 0.3 is 0 Å². The van der Waals surface area contributed by atoms with E-state index in [1.54, 1.807) is 19.0 Å². The monoisotopic (exact) mass is 249 g/mol. The second-order valence-electron chi connectivity index (χ2n) is 4.40. The van der Waals surface area contributed by atoms with Crippen molar-refractivity contribution in [1.82, 2.24) is 5.32 Å². The van der Waals surface area contributed by atoms with Gasteiger partial charge in [0, 0.05) is 16.6 Å². The highest BCUT2D eigenvalue weighted by Crippen LogP contribution is 2.39. The van der Waals surface area contributed by atoms with E-state index in [-0.39, 0.29) is 6.17 Å². The molecular weight excluding hydrogens is 238 g/mol. The molecule has 5 heteroatoms. The molecule has 0 atom stereocenters. The zero-order valence-corrected chi connectivity index (χ0v) is 10.0. The summed E-state index contributed by atoms with van der Waals surface area (Å²) in [5.74, 6) is 0. The summed E-state index contributed by atoms with van der Waals surface area (Å²) < 4.78 is 0. The number of rotatable bonds is 1. The van der Waals surface area contributed by atoms with Crippen LogP contribution in [0.5, 0.6) is 0 Å². The van der Waals surface area contributed by atoms with Gasteiger partial charge in [-0.25, -0.2) is 15.0 Å². The third-order valence-corrected chi connectivity index (χ3v) is 3.33. The first kappa shape index (κ1) is 10.3. The van der Waals surface area contributed by atoms with Crippen molar-refractivity contribution in [2.75, 3.05) is 5.32 Å². The predicted molar refractivity (Wildman–Crippen MR) is 78.6 cm³/mol. The summed E-state index contributed by atoms with van der Waals surface area (Å²) in [6, 6.07) is 10.2. The largest absolute Gasteiger partial charge is 0.346 e. The highest BCUT2D eigenvalue weighted by atomic mass is 15.1. The predicted octanol–water partition coefficient (Wildman–Crippen LogP) is 2.58. The average molecular weight is 249 g/mol. The smallest absolute Gasteiger partial charge is 0.169 e. The zero-order valence-electron chi connectivity index (χ0n) is 10.0. The van der Waals surface area contributed by atoms with Crippen molar-refractivity contribution in [2.45, 2.75) is 6.17 Å². The van der Waals surface area contributed by atoms with E-state index in [1.807, 2.05) is 12.1 Å². The van der Waals surface area contributed by atoms with Crippen molar-refractivity contribution in [1.29, 1.82) is 0 Å². The average Bonchev–Trinajstić information content (AvgIpc) is 2.49. The molecule has 5 nitrogen and oxygen atoms in total. The highest BCUT2D eigenvalue weighted by molar-refractivity contribution is 6.09. The maximum Gasteiger partial charge on any atom is 0.169 e. The van der Waals surface area contributed by atoms with Crippen LogP contribution in [-0.2, 0) is 0 Å². The Bertz CT molecular complexity index is 733. The molecule has 4 rings (SSSR count). The molecule has 0 fully saturated rings. The standard InChI is InChI=1S/C14H11N5/c1-2-9-10(14-18-6-15-7-19-14)4-5-12-13(9)11(3-1)16-8-17-12/h1-8,14H,(H,16,17)(H,15,18,19). The maximum atomic E-state index is 4.37. The fraction of sp³-hybridized carbons (Fsp3) is 0.0714. The summed E-state index contributed by atoms with van der Waals surface area (Å²) in [7, 11) is 0. The van der Waals surface area contributed by atoms with Crippen LogP contribution in [-0.4, -0.2) is 19.0 Å². The van der Waals surface area contributed by atoms with Crippen molar-refractivity contribution in [3.05, 3.63) is 35.9 Å². The van der Waals surface area contributed by atoms with Gasteiger partial charge in [0.1, 0.15) is 0 Å². The van der Waals surface area contributed by atoms with Crippen molar-refractivity contribution in [2.24, 2.45) is 15.0 Å². The topological polar surface area (TPSA) is 61.1 Å². The summed E-state index contributed by atoms with van der Waals surface area (Å²) in [6.07, 6.45) is 4.88. The van der Waals surface area contributed by atoms with Crippen molar-refractivity contribution < 1.29 is 0 Å². The van der Waals surface area contributed by atoms with Crippen molar-refractivity contribution >= 4 is 41.2 Å². The fourth-order valence-corrected chi connectivity index (χ4v) is 2.49. The summed E-state index contributed by atoms with van der Waals surface area (Å²) in [5.41, 5.74) is 3.15. The Hall–Kier alpha value is -2.69. The third-order valence-electron chi connectivity index (χ3n) is 3.33. The fourth-order valence-electron chi connectivity index (χ4n) is 2.49. The Kier molecular flexibility index (Phi) is 2.11. The lowest BCUT2D eigenvalue weighted by molar-refractivity contribution is 0.776. The van der Waals surface area contributed by atoms with Gasteiger partial charge in [-0.3, -0.25) is 0 Å². The molecule has 92 valence electrons. The first-order chi connectivity index (χ1) is 9.43. The lowest BCUT2D eigenvalue weighted by atomic mass is 9.99. The van der Waals surface area contributed by atoms with E-state index in [4.69, 9.17) is 0 Å². The second kappa shape index (κ2) is 3.91. The molecule has 2 heterocycles. The number of benzene rings is 2. The number of hydrogen-bond acceptors (Lipinski definition) is 5. The van der Waals surface area contributed by atoms with Crippen LogP contribution in [0.1, 0.15) is 11.7 Å². The van der Waals surface area contributed by atoms with Gasteiger partial charge in [0.05, 0.1) is 24.7 Å². The van der Waals surface area contributed by atoms with Gasteiger partial charge in [0.15, 0.2) is 6.17 Å². The number of nitrogens with zero attached hydrogens (tertiary/aromatic N) is 3. The Morgan fingerprint density at radius 3 is 2.74 bits per heavy atom. The molecule has 0 aromatic heterocycles. The molecule has 0 saturated heterocycles. The molecule has 2 aromatic carbocycles. The number of anilines is 1. The number of nitrogens with one attached hydrogen (secondary N) is 2. The van der Waals surface area contributed by atoms with Gasteiger partial charge in [-0.15, -0.1) is 0 Å². The molecule has 0 unspecified atom stereocenters. The molecule has 2 aliphatic rings. The van der Waals surface area contributed by atoms with E-state index in [0.29, 0.717) is 0 Å². The van der Waals surface area contributed by atoms with Crippen LogP contribution in [0.15, 0.2) is 45.3 Å². The normalized spacial score (nSPS) is 16.4. The van der Waals surface area contributed by atoms with E-state index >= 15 is 0 Å². The van der Waals surface area contributed by atoms with Gasteiger partial charge < -0.3 is 10.6 Å². The number of hydrogen-bond donors (Lipinski definition) is 2. The van der Waals surface area contributed by atoms with Crippen molar-refractivity contribution in [3.8, 4) is 0 Å². The summed E-state index contributed by atoms with van der Waals surface area (Å²) >= 11 is 0. The number of aliphatic imine (C=N–C) groups is 3. The Labute approximate surface area is 109 Å². The Morgan fingerprint density at radius 2 is 1.84 bits per heavy atom. The van der Waals surface area contributed by atoms with E-state index in [1.165, 1.54) is 0 Å². The van der Waals surface area contributed by atoms with Gasteiger partial charge in [-0.2, -0.15) is 0 Å². The first-order valence-electron chi connectivity index (χ1n) is 6.07. The van der Waals surface area contributed by atoms with E-state index in [0.717, 1.165) is 27.7 Å². The molecule has 0 aliphatic carbocycles. The molecule has 0 bridgehead atoms. The van der Waals surface area contributed by atoms with Crippen molar-refractivity contribution in [3.63, 3.8) is 0 Å². The second-order valence-corrected chi connectivity index (χ2v) is 4.40. The molecule has 0 saturated carbocycles. The van der Waals surface area contributed by atoms with Crippen LogP contribution in [0.3, 0.4) is 0 Å². The Morgan fingerprint density at radius 1 is 0.947 bits per heavy atom. The minimum atomic E-state index is -0.184. The molecule has 2 N–H and O–H groups in total. The minimum Gasteiger partial charge on any atom is -0.346 e. The lowest BCUT2D eigenvalue weighted by Gasteiger charge is -2.18. The SMILES string of the molecule is C1=Nc2ccc(C3N=CNC=N3)c3cccc(c23)N1. The molecular formula is C14H11N5. The first-order valence-corrected chi connectivity index (χ1v) is 6.07. The quantitative estimate of drug-likeness (QED) is 0.816.